The van der Waals surface area contributed by atoms with Crippen LogP contribution in [0.5, 0.6) is 0 Å². The first kappa shape index (κ1) is 20.0. The molecule has 1 amide bonds. The number of carboxylic acid groups (broad SMARTS) is 1. The minimum absolute atomic E-state index is 0.0327. The van der Waals surface area contributed by atoms with Crippen LogP contribution in [-0.2, 0) is 22.4 Å². The highest BCUT2D eigenvalue weighted by molar-refractivity contribution is 7.13. The van der Waals surface area contributed by atoms with Gasteiger partial charge < -0.3 is 10.0 Å². The normalized spacial score (nSPS) is 16.8. The topological polar surface area (TPSA) is 74.7 Å². The lowest BCUT2D eigenvalue weighted by atomic mass is 10.1. The number of carbonyl (C=O) groups excluding carboxylic acids is 2. The summed E-state index contributed by atoms with van der Waals surface area (Å²) in [6, 6.07) is 13.0. The number of likely N-dealkylation sites (tertiary alicyclic amines) is 1. The number of thiophene rings is 1. The molecule has 1 aromatic carbocycles. The number of aromatic carboxylic acids is 1. The first-order valence-corrected chi connectivity index (χ1v) is 10.2. The quantitative estimate of drug-likeness (QED) is 0.654. The molecule has 0 spiro atoms. The third-order valence-corrected chi connectivity index (χ3v) is 5.93. The minimum Gasteiger partial charge on any atom is -0.477 e. The van der Waals surface area contributed by atoms with E-state index < -0.39 is 5.97 Å². The number of aryl methyl sites for hydroxylation is 1. The maximum absolute atomic E-state index is 12.2. The molecule has 1 N–H and O–H groups in total. The van der Waals surface area contributed by atoms with Crippen LogP contribution in [0.2, 0.25) is 0 Å². The summed E-state index contributed by atoms with van der Waals surface area (Å²) in [5.74, 6) is -0.760. The van der Waals surface area contributed by atoms with Gasteiger partial charge in [-0.25, -0.2) is 4.79 Å². The van der Waals surface area contributed by atoms with Gasteiger partial charge in [0.25, 0.3) is 0 Å². The molecular formula is C22H23NO4S. The molecule has 1 aliphatic rings. The van der Waals surface area contributed by atoms with E-state index in [1.807, 2.05) is 47.4 Å². The van der Waals surface area contributed by atoms with Gasteiger partial charge in [-0.05, 0) is 43.0 Å². The van der Waals surface area contributed by atoms with E-state index in [1.165, 1.54) is 11.3 Å². The molecule has 0 saturated carbocycles. The Morgan fingerprint density at radius 3 is 2.68 bits per heavy atom. The summed E-state index contributed by atoms with van der Waals surface area (Å²) in [5.41, 5.74) is 0.980. The van der Waals surface area contributed by atoms with Gasteiger partial charge in [-0.3, -0.25) is 9.59 Å². The standard InChI is InChI=1S/C22H23NO4S/c24-18(15-16-5-2-1-3-6-16)10-8-17-9-13-21(25)23(17)14-4-7-19-11-12-20(28-19)22(26)27/h1-3,5-6,8,10-12,17H,4,7,9,13-15H2,(H,26,27)/t17-/m0/s1. The Bertz CT molecular complexity index is 872. The van der Waals surface area contributed by atoms with Crippen LogP contribution in [0.1, 0.15) is 39.4 Å². The molecule has 3 rings (SSSR count). The zero-order valence-electron chi connectivity index (χ0n) is 15.5. The van der Waals surface area contributed by atoms with Crippen LogP contribution < -0.4 is 0 Å². The molecule has 0 bridgehead atoms. The number of carbonyl (C=O) groups is 3. The number of amides is 1. The van der Waals surface area contributed by atoms with Crippen LogP contribution in [-0.4, -0.2) is 40.3 Å². The van der Waals surface area contributed by atoms with Gasteiger partial charge in [0.1, 0.15) is 4.88 Å². The van der Waals surface area contributed by atoms with E-state index >= 15 is 0 Å². The molecule has 5 nitrogen and oxygen atoms in total. The lowest BCUT2D eigenvalue weighted by Gasteiger charge is -2.22. The Kier molecular flexibility index (Phi) is 6.76. The first-order chi connectivity index (χ1) is 13.5. The Balaban J connectivity index is 1.50. The maximum Gasteiger partial charge on any atom is 0.345 e. The van der Waals surface area contributed by atoms with E-state index in [9.17, 15) is 14.4 Å². The number of hydrogen-bond donors (Lipinski definition) is 1. The van der Waals surface area contributed by atoms with Crippen LogP contribution in [0.4, 0.5) is 0 Å². The number of allylic oxidation sites excluding steroid dienone is 1. The van der Waals surface area contributed by atoms with E-state index in [0.29, 0.717) is 24.3 Å². The summed E-state index contributed by atoms with van der Waals surface area (Å²) in [6.07, 6.45) is 6.56. The Hall–Kier alpha value is -2.73. The second-order valence-electron chi connectivity index (χ2n) is 6.86. The summed E-state index contributed by atoms with van der Waals surface area (Å²) in [6.45, 7) is 0.612. The summed E-state index contributed by atoms with van der Waals surface area (Å²) >= 11 is 1.28. The molecule has 6 heteroatoms. The number of hydrogen-bond acceptors (Lipinski definition) is 4. The Morgan fingerprint density at radius 1 is 1.18 bits per heavy atom. The largest absolute Gasteiger partial charge is 0.477 e. The second kappa shape index (κ2) is 9.46. The van der Waals surface area contributed by atoms with Gasteiger partial charge >= 0.3 is 5.97 Å². The zero-order valence-corrected chi connectivity index (χ0v) is 16.4. The highest BCUT2D eigenvalue weighted by atomic mass is 32.1. The van der Waals surface area contributed by atoms with Crippen LogP contribution in [0, 0.1) is 0 Å². The lowest BCUT2D eigenvalue weighted by Crippen LogP contribution is -2.33. The number of benzene rings is 1. The predicted molar refractivity (Wildman–Crippen MR) is 109 cm³/mol. The van der Waals surface area contributed by atoms with E-state index in [1.54, 1.807) is 12.1 Å². The summed E-state index contributed by atoms with van der Waals surface area (Å²) in [4.78, 5) is 38.5. The molecule has 2 heterocycles. The summed E-state index contributed by atoms with van der Waals surface area (Å²) in [7, 11) is 0. The molecule has 0 aliphatic carbocycles. The van der Waals surface area contributed by atoms with Crippen molar-refractivity contribution in [2.24, 2.45) is 0 Å². The fourth-order valence-electron chi connectivity index (χ4n) is 3.37. The second-order valence-corrected chi connectivity index (χ2v) is 8.02. The Morgan fingerprint density at radius 2 is 1.96 bits per heavy atom. The SMILES string of the molecule is O=C(C=C[C@H]1CCC(=O)N1CCCc1ccc(C(=O)O)s1)Cc1ccccc1. The van der Waals surface area contributed by atoms with Crippen molar-refractivity contribution < 1.29 is 19.5 Å². The van der Waals surface area contributed by atoms with Crippen molar-refractivity contribution in [3.63, 3.8) is 0 Å². The van der Waals surface area contributed by atoms with Crippen LogP contribution in [0.25, 0.3) is 0 Å². The van der Waals surface area contributed by atoms with Crippen molar-refractivity contribution in [3.05, 3.63) is 69.9 Å². The molecule has 0 radical (unpaired) electrons. The highest BCUT2D eigenvalue weighted by Crippen LogP contribution is 2.22. The third-order valence-electron chi connectivity index (χ3n) is 4.79. The predicted octanol–water partition coefficient (Wildman–Crippen LogP) is 3.74. The fourth-order valence-corrected chi connectivity index (χ4v) is 4.26. The molecule has 1 aliphatic heterocycles. The van der Waals surface area contributed by atoms with Crippen molar-refractivity contribution in [2.45, 2.75) is 38.1 Å². The van der Waals surface area contributed by atoms with Crippen molar-refractivity contribution in [1.29, 1.82) is 0 Å². The molecular weight excluding hydrogens is 374 g/mol. The minimum atomic E-state index is -0.906. The number of carboxylic acids is 1. The monoisotopic (exact) mass is 397 g/mol. The van der Waals surface area contributed by atoms with Gasteiger partial charge in [0.2, 0.25) is 5.91 Å². The van der Waals surface area contributed by atoms with Crippen LogP contribution in [0.3, 0.4) is 0 Å². The third kappa shape index (κ3) is 5.39. The average Bonchev–Trinajstić information content (AvgIpc) is 3.29. The van der Waals surface area contributed by atoms with E-state index in [2.05, 4.69) is 0 Å². The van der Waals surface area contributed by atoms with Gasteiger partial charge in [-0.1, -0.05) is 36.4 Å². The first-order valence-electron chi connectivity index (χ1n) is 9.39. The molecule has 1 saturated heterocycles. The van der Waals surface area contributed by atoms with Crippen molar-refractivity contribution in [3.8, 4) is 0 Å². The summed E-state index contributed by atoms with van der Waals surface area (Å²) < 4.78 is 0. The van der Waals surface area contributed by atoms with Crippen molar-refractivity contribution in [2.75, 3.05) is 6.54 Å². The molecule has 1 aromatic heterocycles. The van der Waals surface area contributed by atoms with Crippen LogP contribution >= 0.6 is 11.3 Å². The van der Waals surface area contributed by atoms with Crippen LogP contribution in [0.15, 0.2) is 54.6 Å². The van der Waals surface area contributed by atoms with Crippen molar-refractivity contribution in [1.82, 2.24) is 4.90 Å². The lowest BCUT2D eigenvalue weighted by molar-refractivity contribution is -0.128. The van der Waals surface area contributed by atoms with Gasteiger partial charge in [-0.15, -0.1) is 11.3 Å². The maximum atomic E-state index is 12.2. The van der Waals surface area contributed by atoms with Gasteiger partial charge in [0.05, 0.1) is 6.04 Å². The summed E-state index contributed by atoms with van der Waals surface area (Å²) in [5, 5.41) is 8.98. The van der Waals surface area contributed by atoms with Gasteiger partial charge in [0.15, 0.2) is 5.78 Å². The number of rotatable bonds is 9. The molecule has 28 heavy (non-hydrogen) atoms. The average molecular weight is 397 g/mol. The molecule has 2 aromatic rings. The molecule has 1 fully saturated rings. The number of ketones is 1. The smallest absolute Gasteiger partial charge is 0.345 e. The highest BCUT2D eigenvalue weighted by Gasteiger charge is 2.28. The number of nitrogens with zero attached hydrogens (tertiary/aromatic N) is 1. The van der Waals surface area contributed by atoms with Gasteiger partial charge in [-0.2, -0.15) is 0 Å². The molecule has 1 atom stereocenters. The van der Waals surface area contributed by atoms with E-state index in [0.717, 1.165) is 29.7 Å². The van der Waals surface area contributed by atoms with E-state index in [4.69, 9.17) is 5.11 Å². The van der Waals surface area contributed by atoms with E-state index in [-0.39, 0.29) is 17.7 Å². The zero-order chi connectivity index (χ0) is 19.9. The molecule has 146 valence electrons. The molecule has 0 unspecified atom stereocenters. The fraction of sp³-hybridized carbons (Fsp3) is 0.318. The van der Waals surface area contributed by atoms with Crippen molar-refractivity contribution >= 4 is 29.0 Å². The van der Waals surface area contributed by atoms with Gasteiger partial charge in [0, 0.05) is 24.3 Å². The Labute approximate surface area is 168 Å².